The van der Waals surface area contributed by atoms with Crippen molar-refractivity contribution in [3.63, 3.8) is 0 Å². The van der Waals surface area contributed by atoms with Crippen molar-refractivity contribution in [3.05, 3.63) is 35.9 Å². The molecule has 1 aromatic rings. The van der Waals surface area contributed by atoms with Gasteiger partial charge in [-0.05, 0) is 50.7 Å². The predicted molar refractivity (Wildman–Crippen MR) is 237 cm³/mol. The van der Waals surface area contributed by atoms with E-state index >= 15 is 0 Å². The lowest BCUT2D eigenvalue weighted by molar-refractivity contribution is -0.336. The first-order valence-corrected chi connectivity index (χ1v) is 22.4. The maximum absolute atomic E-state index is 14.2. The Hall–Kier alpha value is -5.42. The largest absolute Gasteiger partial charge is 0.394 e. The summed E-state index contributed by atoms with van der Waals surface area (Å²) in [5.74, 6) is -7.10. The lowest BCUT2D eigenvalue weighted by Crippen LogP contribution is -2.70. The number of nitrogens with two attached hydrogens (primary N) is 1. The maximum atomic E-state index is 14.2. The molecule has 26 nitrogen and oxygen atoms in total. The van der Waals surface area contributed by atoms with Crippen molar-refractivity contribution >= 4 is 47.3 Å². The van der Waals surface area contributed by atoms with Crippen molar-refractivity contribution in [1.82, 2.24) is 37.2 Å². The van der Waals surface area contributed by atoms with Gasteiger partial charge in [-0.3, -0.25) is 38.4 Å². The number of amides is 8. The molecule has 0 bridgehead atoms. The smallest absolute Gasteiger partial charge is 0.251 e. The van der Waals surface area contributed by atoms with Crippen LogP contribution in [0.1, 0.15) is 77.1 Å². The van der Waals surface area contributed by atoms with Crippen LogP contribution in [0.5, 0.6) is 0 Å². The van der Waals surface area contributed by atoms with E-state index in [1.54, 1.807) is 19.9 Å². The number of aliphatic hydroxyl groups is 7. The maximum Gasteiger partial charge on any atom is 0.251 e. The number of hydrogen-bond acceptors (Lipinski definition) is 18. The molecule has 388 valence electrons. The summed E-state index contributed by atoms with van der Waals surface area (Å²) in [4.78, 5) is 104. The standard InChI is InChI=1S/C43H68N8O18/c1-19(2)15-25(40(65)51-30(20(3)54)41(66)47-24(37(44)62)13-9-10-14-45-21(4)55)49-39(64)26(48-38(63)23-11-7-6-8-12-23)16-29(57)50-42-31(46-22(5)56)33(59)36(28(18-53)67-42)69-43-35(61)34(60)32(58)27(17-52)68-43/h6-8,11-12,19-20,24-28,30-36,42-43,52-54,58-61H,9-10,13-18H2,1-5H3,(H2,44,62)(H,45,55)(H,46,56)(H,47,66)(H,48,63)(H,49,64)(H,50,57)(H,51,65)/t20-,24+,25+,26+,27-,28-,30+,31-,32-,33-,34+,35-,36-,42-,43+/m1/s1. The summed E-state index contributed by atoms with van der Waals surface area (Å²) in [6.07, 6.45) is -17.2. The molecule has 26 heteroatoms. The van der Waals surface area contributed by atoms with Crippen molar-refractivity contribution in [2.45, 2.75) is 158 Å². The second kappa shape index (κ2) is 27.7. The van der Waals surface area contributed by atoms with Gasteiger partial charge >= 0.3 is 0 Å². The van der Waals surface area contributed by atoms with E-state index in [0.29, 0.717) is 19.4 Å². The third-order valence-electron chi connectivity index (χ3n) is 11.1. The minimum Gasteiger partial charge on any atom is -0.394 e. The molecule has 69 heavy (non-hydrogen) atoms. The quantitative estimate of drug-likeness (QED) is 0.0405. The summed E-state index contributed by atoms with van der Waals surface area (Å²) in [5, 5.41) is 90.2. The molecular formula is C43H68N8O18. The van der Waals surface area contributed by atoms with Crippen molar-refractivity contribution in [2.24, 2.45) is 11.7 Å². The molecule has 0 radical (unpaired) electrons. The molecule has 0 aromatic heterocycles. The highest BCUT2D eigenvalue weighted by Crippen LogP contribution is 2.29. The SMILES string of the molecule is CC(=O)NCCCC[C@H](NC(=O)[C@@H](NC(=O)[C@H](CC(C)C)NC(=O)[C@H](CC(=O)N[C@@H]1O[C@H](CO)[C@@H](O[C@@H]2O[C@H](CO)[C@@H](O)[C@H](O)[C@H]2O)[C@H](O)[C@H]1NC(C)=O)NC(=O)c1ccccc1)[C@@H](C)O)C(N)=O. The lowest BCUT2D eigenvalue weighted by Gasteiger charge is -2.47. The number of carbonyl (C=O) groups is 8. The van der Waals surface area contributed by atoms with Gasteiger partial charge < -0.3 is 92.9 Å². The Kier molecular flexibility index (Phi) is 23.2. The fourth-order valence-corrected chi connectivity index (χ4v) is 7.49. The molecule has 2 heterocycles. The number of benzene rings is 1. The average molecular weight is 985 g/mol. The first kappa shape index (κ1) is 57.9. The Morgan fingerprint density at radius 2 is 1.33 bits per heavy atom. The second-order valence-electron chi connectivity index (χ2n) is 17.3. The monoisotopic (exact) mass is 984 g/mol. The number of primary amides is 1. The Balaban J connectivity index is 1.85. The van der Waals surface area contributed by atoms with Crippen LogP contribution in [-0.4, -0.2) is 194 Å². The van der Waals surface area contributed by atoms with E-state index in [0.717, 1.165) is 6.92 Å². The average Bonchev–Trinajstić information content (AvgIpc) is 3.28. The molecule has 3 rings (SSSR count). The van der Waals surface area contributed by atoms with Crippen LogP contribution in [-0.2, 0) is 47.8 Å². The first-order valence-electron chi connectivity index (χ1n) is 22.4. The van der Waals surface area contributed by atoms with Gasteiger partial charge in [0.05, 0.1) is 25.7 Å². The van der Waals surface area contributed by atoms with E-state index < -0.39 is 153 Å². The van der Waals surface area contributed by atoms with Gasteiger partial charge in [0.2, 0.25) is 41.4 Å². The van der Waals surface area contributed by atoms with E-state index in [2.05, 4.69) is 37.2 Å². The molecule has 0 aliphatic carbocycles. The summed E-state index contributed by atoms with van der Waals surface area (Å²) >= 11 is 0. The number of ether oxygens (including phenoxy) is 3. The minimum absolute atomic E-state index is 0.0700. The van der Waals surface area contributed by atoms with E-state index in [-0.39, 0.29) is 30.2 Å². The summed E-state index contributed by atoms with van der Waals surface area (Å²) in [5.41, 5.74) is 5.58. The predicted octanol–water partition coefficient (Wildman–Crippen LogP) is -6.27. The number of carbonyl (C=O) groups excluding carboxylic acids is 8. The van der Waals surface area contributed by atoms with Gasteiger partial charge in [-0.1, -0.05) is 32.0 Å². The molecule has 16 N–H and O–H groups in total. The Labute approximate surface area is 397 Å². The number of rotatable bonds is 25. The molecule has 0 spiro atoms. The summed E-state index contributed by atoms with van der Waals surface area (Å²) in [6.45, 7) is 5.60. The molecule has 2 aliphatic heterocycles. The zero-order valence-electron chi connectivity index (χ0n) is 39.0. The van der Waals surface area contributed by atoms with E-state index in [1.165, 1.54) is 38.1 Å². The van der Waals surface area contributed by atoms with Crippen LogP contribution >= 0.6 is 0 Å². The lowest BCUT2D eigenvalue weighted by atomic mass is 9.94. The molecule has 2 fully saturated rings. The van der Waals surface area contributed by atoms with Crippen molar-refractivity contribution < 1.29 is 88.3 Å². The van der Waals surface area contributed by atoms with Crippen LogP contribution in [0.25, 0.3) is 0 Å². The van der Waals surface area contributed by atoms with Crippen LogP contribution < -0.4 is 43.0 Å². The van der Waals surface area contributed by atoms with Crippen LogP contribution in [0.15, 0.2) is 30.3 Å². The van der Waals surface area contributed by atoms with Gasteiger partial charge in [0.15, 0.2) is 12.5 Å². The van der Waals surface area contributed by atoms with Crippen LogP contribution in [0.2, 0.25) is 0 Å². The summed E-state index contributed by atoms with van der Waals surface area (Å²) < 4.78 is 16.9. The van der Waals surface area contributed by atoms with Gasteiger partial charge in [0, 0.05) is 26.0 Å². The topological polar surface area (TPSA) is 416 Å². The van der Waals surface area contributed by atoms with Crippen LogP contribution in [0, 0.1) is 5.92 Å². The molecule has 0 unspecified atom stereocenters. The number of unbranched alkanes of at least 4 members (excludes halogenated alkanes) is 1. The van der Waals surface area contributed by atoms with Gasteiger partial charge in [-0.15, -0.1) is 0 Å². The van der Waals surface area contributed by atoms with E-state index in [4.69, 9.17) is 19.9 Å². The number of hydrogen-bond donors (Lipinski definition) is 15. The van der Waals surface area contributed by atoms with Crippen molar-refractivity contribution in [2.75, 3.05) is 19.8 Å². The molecule has 1 aromatic carbocycles. The fourth-order valence-electron chi connectivity index (χ4n) is 7.49. The van der Waals surface area contributed by atoms with Gasteiger partial charge in [0.1, 0.15) is 72.9 Å². The molecule has 2 saturated heterocycles. The Morgan fingerprint density at radius 1 is 0.710 bits per heavy atom. The number of aliphatic hydroxyl groups excluding tert-OH is 7. The molecule has 2 aliphatic rings. The molecule has 8 amide bonds. The Morgan fingerprint density at radius 3 is 1.90 bits per heavy atom. The van der Waals surface area contributed by atoms with Gasteiger partial charge in [-0.25, -0.2) is 0 Å². The van der Waals surface area contributed by atoms with Gasteiger partial charge in [0.25, 0.3) is 5.91 Å². The minimum atomic E-state index is -1.93. The fraction of sp³-hybridized carbons (Fsp3) is 0.674. The first-order chi connectivity index (χ1) is 32.5. The Bertz CT molecular complexity index is 1890. The third-order valence-corrected chi connectivity index (χ3v) is 11.1. The van der Waals surface area contributed by atoms with Crippen molar-refractivity contribution in [1.29, 1.82) is 0 Å². The van der Waals surface area contributed by atoms with Crippen LogP contribution in [0.3, 0.4) is 0 Å². The van der Waals surface area contributed by atoms with Crippen LogP contribution in [0.4, 0.5) is 0 Å². The summed E-state index contributed by atoms with van der Waals surface area (Å²) in [7, 11) is 0. The van der Waals surface area contributed by atoms with E-state index in [1.807, 2.05) is 0 Å². The van der Waals surface area contributed by atoms with E-state index in [9.17, 15) is 74.1 Å². The highest BCUT2D eigenvalue weighted by atomic mass is 16.7. The highest BCUT2D eigenvalue weighted by molar-refractivity contribution is 6.00. The number of nitrogens with one attached hydrogen (secondary N) is 7. The molecular weight excluding hydrogens is 917 g/mol. The van der Waals surface area contributed by atoms with Gasteiger partial charge in [-0.2, -0.15) is 0 Å². The van der Waals surface area contributed by atoms with Crippen molar-refractivity contribution in [3.8, 4) is 0 Å². The molecule has 15 atom stereocenters. The summed E-state index contributed by atoms with van der Waals surface area (Å²) in [6, 6.07) is -0.153. The second-order valence-corrected chi connectivity index (χ2v) is 17.3. The zero-order chi connectivity index (χ0) is 51.7. The zero-order valence-corrected chi connectivity index (χ0v) is 39.0. The normalized spacial score (nSPS) is 26.7. The third kappa shape index (κ3) is 17.5. The highest BCUT2D eigenvalue weighted by Gasteiger charge is 2.51. The molecule has 0 saturated carbocycles.